The summed E-state index contributed by atoms with van der Waals surface area (Å²) in [6.45, 7) is 4.20. The van der Waals surface area contributed by atoms with E-state index in [0.717, 1.165) is 5.56 Å². The fourth-order valence-electron chi connectivity index (χ4n) is 3.76. The molecular weight excluding hydrogens is 318 g/mol. The second-order valence-corrected chi connectivity index (χ2v) is 6.57. The third kappa shape index (κ3) is 2.93. The maximum Gasteiger partial charge on any atom is 0.232 e. The number of carbonyl (C=O) groups is 1. The number of benzene rings is 1. The molecule has 3 rings (SSSR count). The molecule has 0 spiro atoms. The van der Waals surface area contributed by atoms with Gasteiger partial charge in [0.25, 0.3) is 0 Å². The van der Waals surface area contributed by atoms with Crippen molar-refractivity contribution < 1.29 is 19.4 Å². The van der Waals surface area contributed by atoms with Crippen LogP contribution in [0.4, 0.5) is 0 Å². The fourth-order valence-corrected chi connectivity index (χ4v) is 3.76. The lowest BCUT2D eigenvalue weighted by Crippen LogP contribution is -2.49. The number of nitrogens with zero attached hydrogens (tertiary/aromatic N) is 1. The molecule has 134 valence electrons. The molecule has 1 aliphatic heterocycles. The largest absolute Gasteiger partial charge is 0.493 e. The lowest BCUT2D eigenvalue weighted by Gasteiger charge is -2.38. The summed E-state index contributed by atoms with van der Waals surface area (Å²) in [6.07, 6.45) is 7.45. The summed E-state index contributed by atoms with van der Waals surface area (Å²) in [4.78, 5) is 14.3. The molecule has 5 heteroatoms. The number of aliphatic hydroxyl groups is 1. The van der Waals surface area contributed by atoms with Gasteiger partial charge in [-0.05, 0) is 37.0 Å². The topological polar surface area (TPSA) is 59.0 Å². The number of amides is 1. The molecule has 1 aromatic rings. The van der Waals surface area contributed by atoms with E-state index < -0.39 is 5.72 Å². The number of fused-ring (bicyclic) bond motifs is 1. The van der Waals surface area contributed by atoms with Gasteiger partial charge in [-0.2, -0.15) is 0 Å². The van der Waals surface area contributed by atoms with Crippen molar-refractivity contribution in [3.8, 4) is 11.5 Å². The first-order valence-electron chi connectivity index (χ1n) is 8.59. The van der Waals surface area contributed by atoms with E-state index >= 15 is 0 Å². The molecule has 5 nitrogen and oxygen atoms in total. The number of allylic oxidation sites excluding steroid dienone is 1. The number of rotatable bonds is 8. The van der Waals surface area contributed by atoms with Crippen LogP contribution in [0.15, 0.2) is 43.0 Å². The molecule has 3 atom stereocenters. The Morgan fingerprint density at radius 3 is 2.64 bits per heavy atom. The van der Waals surface area contributed by atoms with Crippen LogP contribution in [0.1, 0.15) is 18.4 Å². The van der Waals surface area contributed by atoms with Crippen LogP contribution in [0.25, 0.3) is 0 Å². The second-order valence-electron chi connectivity index (χ2n) is 6.57. The quantitative estimate of drug-likeness (QED) is 0.737. The summed E-state index contributed by atoms with van der Waals surface area (Å²) < 4.78 is 10.6. The average Bonchev–Trinajstić information content (AvgIpc) is 2.72. The highest BCUT2D eigenvalue weighted by Gasteiger charge is 2.58. The number of ether oxygens (including phenoxy) is 2. The van der Waals surface area contributed by atoms with Crippen molar-refractivity contribution in [2.75, 3.05) is 20.8 Å². The van der Waals surface area contributed by atoms with Crippen molar-refractivity contribution in [1.82, 2.24) is 4.90 Å². The molecule has 1 N–H and O–H groups in total. The molecule has 0 radical (unpaired) electrons. The van der Waals surface area contributed by atoms with Crippen LogP contribution in [-0.4, -0.2) is 42.4 Å². The zero-order valence-corrected chi connectivity index (χ0v) is 14.8. The van der Waals surface area contributed by atoms with Crippen molar-refractivity contribution in [1.29, 1.82) is 0 Å². The molecule has 1 amide bonds. The Kier molecular flexibility index (Phi) is 4.86. The van der Waals surface area contributed by atoms with Crippen LogP contribution < -0.4 is 9.47 Å². The second kappa shape index (κ2) is 6.92. The Balaban J connectivity index is 1.75. The van der Waals surface area contributed by atoms with Crippen LogP contribution in [-0.2, 0) is 11.2 Å². The highest BCUT2D eigenvalue weighted by Crippen LogP contribution is 2.47. The third-order valence-electron chi connectivity index (χ3n) is 5.25. The Bertz CT molecular complexity index is 699. The molecule has 0 aromatic heterocycles. The Morgan fingerprint density at radius 1 is 1.28 bits per heavy atom. The van der Waals surface area contributed by atoms with E-state index in [1.165, 1.54) is 0 Å². The van der Waals surface area contributed by atoms with Crippen molar-refractivity contribution in [2.45, 2.75) is 25.0 Å². The summed E-state index contributed by atoms with van der Waals surface area (Å²) in [5.41, 5.74) is -0.0786. The van der Waals surface area contributed by atoms with Gasteiger partial charge in [0.05, 0.1) is 20.1 Å². The molecule has 1 aromatic carbocycles. The number of methoxy groups -OCH3 is 2. The minimum atomic E-state index is -1.11. The van der Waals surface area contributed by atoms with Gasteiger partial charge in [-0.15, -0.1) is 6.58 Å². The Hall–Kier alpha value is -2.27. The van der Waals surface area contributed by atoms with Crippen molar-refractivity contribution in [3.05, 3.63) is 48.6 Å². The van der Waals surface area contributed by atoms with Gasteiger partial charge >= 0.3 is 0 Å². The lowest BCUT2D eigenvalue weighted by atomic mass is 9.77. The summed E-state index contributed by atoms with van der Waals surface area (Å²) >= 11 is 0. The van der Waals surface area contributed by atoms with E-state index in [-0.39, 0.29) is 17.7 Å². The molecular formula is C20H25NO4. The molecule has 1 saturated heterocycles. The monoisotopic (exact) mass is 343 g/mol. The van der Waals surface area contributed by atoms with E-state index in [9.17, 15) is 9.90 Å². The zero-order valence-electron chi connectivity index (χ0n) is 14.8. The van der Waals surface area contributed by atoms with Gasteiger partial charge in [-0.3, -0.25) is 4.79 Å². The standard InChI is InChI=1S/C20H25NO4/c1-4-5-11-20(23)16-8-7-15(16)19(22)21(20)12-10-14-6-9-17(24-2)18(13-14)25-3/h4,6-9,13,15-16,23H,1,5,10-12H2,2-3H3/t15-,16+,20?/m1/s1. The minimum absolute atomic E-state index is 0.0135. The smallest absolute Gasteiger partial charge is 0.232 e. The molecule has 1 unspecified atom stereocenters. The van der Waals surface area contributed by atoms with Crippen molar-refractivity contribution in [3.63, 3.8) is 0 Å². The van der Waals surface area contributed by atoms with Crippen LogP contribution in [0, 0.1) is 11.8 Å². The predicted molar refractivity (Wildman–Crippen MR) is 95.5 cm³/mol. The van der Waals surface area contributed by atoms with Gasteiger partial charge in [0.15, 0.2) is 11.5 Å². The molecule has 2 aliphatic rings. The number of carbonyl (C=O) groups excluding carboxylic acids is 1. The van der Waals surface area contributed by atoms with Gasteiger partial charge in [-0.25, -0.2) is 0 Å². The SMILES string of the molecule is C=CCCC1(O)[C@H]2C=C[C@H]2C(=O)N1CCc1ccc(OC)c(OC)c1. The first kappa shape index (κ1) is 17.5. The predicted octanol–water partition coefficient (Wildman–Crippen LogP) is 2.55. The highest BCUT2D eigenvalue weighted by atomic mass is 16.5. The zero-order chi connectivity index (χ0) is 18.0. The van der Waals surface area contributed by atoms with E-state index in [1.54, 1.807) is 25.2 Å². The van der Waals surface area contributed by atoms with Crippen LogP contribution in [0.5, 0.6) is 11.5 Å². The van der Waals surface area contributed by atoms with Crippen molar-refractivity contribution >= 4 is 5.91 Å². The summed E-state index contributed by atoms with van der Waals surface area (Å²) in [5.74, 6) is 1.06. The van der Waals surface area contributed by atoms with Crippen molar-refractivity contribution in [2.24, 2.45) is 11.8 Å². The summed E-state index contributed by atoms with van der Waals surface area (Å²) in [6, 6.07) is 5.72. The molecule has 1 heterocycles. The molecule has 0 bridgehead atoms. The van der Waals surface area contributed by atoms with Gasteiger partial charge in [0, 0.05) is 12.5 Å². The van der Waals surface area contributed by atoms with E-state index in [0.29, 0.717) is 37.3 Å². The van der Waals surface area contributed by atoms with E-state index in [1.807, 2.05) is 30.4 Å². The normalized spacial score (nSPS) is 27.0. The lowest BCUT2D eigenvalue weighted by molar-refractivity contribution is -0.149. The van der Waals surface area contributed by atoms with Crippen LogP contribution >= 0.6 is 0 Å². The molecule has 1 fully saturated rings. The molecule has 25 heavy (non-hydrogen) atoms. The van der Waals surface area contributed by atoms with E-state index in [4.69, 9.17) is 9.47 Å². The van der Waals surface area contributed by atoms with Gasteiger partial charge in [-0.1, -0.05) is 24.3 Å². The van der Waals surface area contributed by atoms with E-state index in [2.05, 4.69) is 6.58 Å². The highest BCUT2D eigenvalue weighted by molar-refractivity contribution is 5.86. The third-order valence-corrected chi connectivity index (χ3v) is 5.25. The Morgan fingerprint density at radius 2 is 2.04 bits per heavy atom. The van der Waals surface area contributed by atoms with Gasteiger partial charge < -0.3 is 19.5 Å². The van der Waals surface area contributed by atoms with Gasteiger partial charge in [0.1, 0.15) is 5.72 Å². The maximum absolute atomic E-state index is 12.6. The Labute approximate surface area is 148 Å². The molecule has 1 aliphatic carbocycles. The van der Waals surface area contributed by atoms with Gasteiger partial charge in [0.2, 0.25) is 5.91 Å². The van der Waals surface area contributed by atoms with Crippen LogP contribution in [0.2, 0.25) is 0 Å². The first-order chi connectivity index (χ1) is 12.0. The average molecular weight is 343 g/mol. The number of hydrogen-bond donors (Lipinski definition) is 1. The number of hydrogen-bond acceptors (Lipinski definition) is 4. The molecule has 0 saturated carbocycles. The summed E-state index contributed by atoms with van der Waals surface area (Å²) in [5, 5.41) is 11.2. The number of likely N-dealkylation sites (tertiary alicyclic amines) is 1. The minimum Gasteiger partial charge on any atom is -0.493 e. The first-order valence-corrected chi connectivity index (χ1v) is 8.59. The maximum atomic E-state index is 12.6. The fraction of sp³-hybridized carbons (Fsp3) is 0.450. The van der Waals surface area contributed by atoms with Crippen LogP contribution in [0.3, 0.4) is 0 Å². The summed E-state index contributed by atoms with van der Waals surface area (Å²) in [7, 11) is 3.20.